The monoisotopic (exact) mass is 171 g/mol. The van der Waals surface area contributed by atoms with Crippen LogP contribution in [0.15, 0.2) is 0 Å². The second kappa shape index (κ2) is 4.27. The van der Waals surface area contributed by atoms with Crippen molar-refractivity contribution in [1.82, 2.24) is 4.90 Å². The Morgan fingerprint density at radius 1 is 1.08 bits per heavy atom. The number of hydrogen-bond donors (Lipinski definition) is 0. The molecular weight excluding hydrogens is 146 g/mol. The van der Waals surface area contributed by atoms with E-state index in [9.17, 15) is 0 Å². The molecule has 0 radical (unpaired) electrons. The summed E-state index contributed by atoms with van der Waals surface area (Å²) in [4.78, 5) is 2.55. The highest BCUT2D eigenvalue weighted by molar-refractivity contribution is 4.81. The lowest BCUT2D eigenvalue weighted by molar-refractivity contribution is 0.0729. The van der Waals surface area contributed by atoms with Gasteiger partial charge in [-0.2, -0.15) is 0 Å². The third kappa shape index (κ3) is 3.14. The molecule has 0 saturated heterocycles. The maximum absolute atomic E-state index is 2.55. The van der Waals surface area contributed by atoms with Gasteiger partial charge in [0.05, 0.1) is 0 Å². The van der Waals surface area contributed by atoms with Gasteiger partial charge in [-0.25, -0.2) is 0 Å². The Bertz CT molecular complexity index is 121. The second-order valence-electron chi connectivity index (χ2n) is 4.94. The predicted molar refractivity (Wildman–Crippen MR) is 56.4 cm³/mol. The summed E-state index contributed by atoms with van der Waals surface area (Å²) in [5, 5.41) is 0. The fourth-order valence-corrected chi connectivity index (χ4v) is 1.73. The first-order chi connectivity index (χ1) is 5.30. The van der Waals surface area contributed by atoms with Gasteiger partial charge in [0.15, 0.2) is 0 Å². The van der Waals surface area contributed by atoms with Crippen molar-refractivity contribution in [2.24, 2.45) is 5.92 Å². The molecule has 0 heterocycles. The van der Waals surface area contributed by atoms with Crippen molar-refractivity contribution in [2.45, 2.75) is 60.0 Å². The maximum atomic E-state index is 2.55. The van der Waals surface area contributed by atoms with E-state index in [0.29, 0.717) is 11.6 Å². The molecule has 0 N–H and O–H groups in total. The van der Waals surface area contributed by atoms with Crippen LogP contribution in [0.2, 0.25) is 0 Å². The molecule has 1 heteroatoms. The molecule has 1 atom stereocenters. The summed E-state index contributed by atoms with van der Waals surface area (Å²) in [5.74, 6) is 0.740. The quantitative estimate of drug-likeness (QED) is 0.630. The third-order valence-corrected chi connectivity index (χ3v) is 2.66. The van der Waals surface area contributed by atoms with E-state index in [0.717, 1.165) is 12.5 Å². The van der Waals surface area contributed by atoms with E-state index in [1.54, 1.807) is 0 Å². The summed E-state index contributed by atoms with van der Waals surface area (Å²) < 4.78 is 0. The zero-order valence-electron chi connectivity index (χ0n) is 9.81. The SMILES string of the molecule is CCN(C(C)C(C)C)C(C)(C)C. The number of hydrogen-bond acceptors (Lipinski definition) is 1. The Morgan fingerprint density at radius 2 is 1.50 bits per heavy atom. The minimum Gasteiger partial charge on any atom is -0.296 e. The molecule has 0 aromatic carbocycles. The van der Waals surface area contributed by atoms with Crippen LogP contribution < -0.4 is 0 Å². The molecule has 12 heavy (non-hydrogen) atoms. The van der Waals surface area contributed by atoms with Gasteiger partial charge >= 0.3 is 0 Å². The fourth-order valence-electron chi connectivity index (χ4n) is 1.73. The zero-order chi connectivity index (χ0) is 9.94. The zero-order valence-corrected chi connectivity index (χ0v) is 9.81. The van der Waals surface area contributed by atoms with Gasteiger partial charge in [0.1, 0.15) is 0 Å². The average molecular weight is 171 g/mol. The summed E-state index contributed by atoms with van der Waals surface area (Å²) in [6.07, 6.45) is 0. The molecule has 74 valence electrons. The van der Waals surface area contributed by atoms with Crippen molar-refractivity contribution >= 4 is 0 Å². The van der Waals surface area contributed by atoms with E-state index in [4.69, 9.17) is 0 Å². The summed E-state index contributed by atoms with van der Waals surface area (Å²) in [6.45, 7) is 17.1. The van der Waals surface area contributed by atoms with Gasteiger partial charge in [0.2, 0.25) is 0 Å². The summed E-state index contributed by atoms with van der Waals surface area (Å²) in [5.41, 5.74) is 0.304. The largest absolute Gasteiger partial charge is 0.296 e. The lowest BCUT2D eigenvalue weighted by atomic mass is 9.97. The smallest absolute Gasteiger partial charge is 0.0127 e. The normalized spacial score (nSPS) is 15.8. The second-order valence-corrected chi connectivity index (χ2v) is 4.94. The Kier molecular flexibility index (Phi) is 4.25. The molecule has 0 fully saturated rings. The lowest BCUT2D eigenvalue weighted by Crippen LogP contribution is -2.48. The van der Waals surface area contributed by atoms with Gasteiger partial charge in [-0.3, -0.25) is 4.90 Å². The topological polar surface area (TPSA) is 3.24 Å². The molecule has 0 aromatic rings. The van der Waals surface area contributed by atoms with Crippen LogP contribution in [0.5, 0.6) is 0 Å². The van der Waals surface area contributed by atoms with E-state index in [1.807, 2.05) is 0 Å². The first kappa shape index (κ1) is 12.0. The highest BCUT2D eigenvalue weighted by Crippen LogP contribution is 2.20. The van der Waals surface area contributed by atoms with E-state index in [-0.39, 0.29) is 0 Å². The Labute approximate surface area is 78.1 Å². The molecule has 1 nitrogen and oxygen atoms in total. The fraction of sp³-hybridized carbons (Fsp3) is 1.00. The van der Waals surface area contributed by atoms with Crippen molar-refractivity contribution in [3.63, 3.8) is 0 Å². The first-order valence-electron chi connectivity index (χ1n) is 5.07. The highest BCUT2D eigenvalue weighted by atomic mass is 15.2. The van der Waals surface area contributed by atoms with E-state index >= 15 is 0 Å². The predicted octanol–water partition coefficient (Wildman–Crippen LogP) is 3.15. The molecule has 0 aliphatic rings. The molecule has 0 rings (SSSR count). The number of rotatable bonds is 3. The molecule has 0 aliphatic carbocycles. The highest BCUT2D eigenvalue weighted by Gasteiger charge is 2.25. The van der Waals surface area contributed by atoms with Gasteiger partial charge in [0, 0.05) is 11.6 Å². The first-order valence-corrected chi connectivity index (χ1v) is 5.07. The van der Waals surface area contributed by atoms with E-state index < -0.39 is 0 Å². The van der Waals surface area contributed by atoms with Crippen LogP contribution >= 0.6 is 0 Å². The van der Waals surface area contributed by atoms with Crippen LogP contribution in [-0.2, 0) is 0 Å². The van der Waals surface area contributed by atoms with Crippen LogP contribution in [-0.4, -0.2) is 23.0 Å². The molecule has 0 spiro atoms. The van der Waals surface area contributed by atoms with Gasteiger partial charge in [0.25, 0.3) is 0 Å². The minimum absolute atomic E-state index is 0.304. The van der Waals surface area contributed by atoms with Gasteiger partial charge < -0.3 is 0 Å². The van der Waals surface area contributed by atoms with Crippen LogP contribution in [0.4, 0.5) is 0 Å². The number of nitrogens with zero attached hydrogens (tertiary/aromatic N) is 1. The van der Waals surface area contributed by atoms with Crippen molar-refractivity contribution in [2.75, 3.05) is 6.54 Å². The van der Waals surface area contributed by atoms with Crippen molar-refractivity contribution in [3.8, 4) is 0 Å². The average Bonchev–Trinajstić information content (AvgIpc) is 1.85. The van der Waals surface area contributed by atoms with Crippen LogP contribution in [0.3, 0.4) is 0 Å². The Balaban J connectivity index is 4.35. The van der Waals surface area contributed by atoms with Crippen LogP contribution in [0.25, 0.3) is 0 Å². The maximum Gasteiger partial charge on any atom is 0.0127 e. The summed E-state index contributed by atoms with van der Waals surface area (Å²) >= 11 is 0. The summed E-state index contributed by atoms with van der Waals surface area (Å²) in [6, 6.07) is 0.676. The Morgan fingerprint density at radius 3 is 1.58 bits per heavy atom. The third-order valence-electron chi connectivity index (χ3n) is 2.66. The van der Waals surface area contributed by atoms with Gasteiger partial charge in [-0.05, 0) is 40.2 Å². The molecule has 0 aliphatic heterocycles. The molecule has 0 aromatic heterocycles. The molecule has 0 amide bonds. The molecule has 1 unspecified atom stereocenters. The lowest BCUT2D eigenvalue weighted by Gasteiger charge is -2.41. The molecule has 0 bridgehead atoms. The summed E-state index contributed by atoms with van der Waals surface area (Å²) in [7, 11) is 0. The van der Waals surface area contributed by atoms with Crippen molar-refractivity contribution < 1.29 is 0 Å². The molecular formula is C11H25N. The standard InChI is InChI=1S/C11H25N/c1-8-12(11(5,6)7)10(4)9(2)3/h9-10H,8H2,1-7H3. The minimum atomic E-state index is 0.304. The van der Waals surface area contributed by atoms with Gasteiger partial charge in [-0.15, -0.1) is 0 Å². The van der Waals surface area contributed by atoms with Crippen molar-refractivity contribution in [3.05, 3.63) is 0 Å². The molecule has 0 saturated carbocycles. The van der Waals surface area contributed by atoms with Crippen LogP contribution in [0.1, 0.15) is 48.5 Å². The van der Waals surface area contributed by atoms with E-state index in [1.165, 1.54) is 0 Å². The Hall–Kier alpha value is -0.0400. The van der Waals surface area contributed by atoms with E-state index in [2.05, 4.69) is 53.4 Å². The van der Waals surface area contributed by atoms with Crippen molar-refractivity contribution in [1.29, 1.82) is 0 Å². The van der Waals surface area contributed by atoms with Crippen LogP contribution in [0, 0.1) is 5.92 Å². The van der Waals surface area contributed by atoms with Gasteiger partial charge in [-0.1, -0.05) is 20.8 Å².